The maximum atomic E-state index is 14.2. The van der Waals surface area contributed by atoms with Crippen LogP contribution in [0.5, 0.6) is 0 Å². The summed E-state index contributed by atoms with van der Waals surface area (Å²) >= 11 is 1.15. The van der Waals surface area contributed by atoms with Gasteiger partial charge in [0, 0.05) is 11.4 Å². The third-order valence-electron chi connectivity index (χ3n) is 5.61. The highest BCUT2D eigenvalue weighted by Gasteiger charge is 2.36. The highest BCUT2D eigenvalue weighted by atomic mass is 32.2. The summed E-state index contributed by atoms with van der Waals surface area (Å²) in [5, 5.41) is 19.1. The van der Waals surface area contributed by atoms with Crippen molar-refractivity contribution in [3.05, 3.63) is 106 Å². The molecule has 1 aliphatic rings. The lowest BCUT2D eigenvalue weighted by atomic mass is 9.85. The number of benzene rings is 2. The number of carbonyl (C=O) groups excluding carboxylic acids is 2. The Morgan fingerprint density at radius 1 is 1.06 bits per heavy atom. The monoisotopic (exact) mass is 502 g/mol. The number of nitrogens with zero attached hydrogens (tertiary/aromatic N) is 1. The summed E-state index contributed by atoms with van der Waals surface area (Å²) in [5.74, 6) is -1.79. The van der Waals surface area contributed by atoms with E-state index in [4.69, 9.17) is 4.42 Å². The molecule has 1 aliphatic heterocycles. The Morgan fingerprint density at radius 2 is 1.78 bits per heavy atom. The van der Waals surface area contributed by atoms with Crippen LogP contribution in [-0.4, -0.2) is 17.6 Å². The maximum absolute atomic E-state index is 14.2. The van der Waals surface area contributed by atoms with Crippen molar-refractivity contribution in [2.45, 2.75) is 19.8 Å². The zero-order valence-corrected chi connectivity index (χ0v) is 20.4. The Balaban J connectivity index is 1.60. The van der Waals surface area contributed by atoms with Crippen molar-refractivity contribution in [3.63, 3.8) is 0 Å². The zero-order chi connectivity index (χ0) is 25.7. The second kappa shape index (κ2) is 11.0. The molecule has 0 spiro atoms. The Kier molecular flexibility index (Phi) is 7.56. The number of para-hydroxylation sites is 2. The molecule has 0 aliphatic carbocycles. The first kappa shape index (κ1) is 24.8. The third kappa shape index (κ3) is 5.34. The van der Waals surface area contributed by atoms with Gasteiger partial charge in [0.1, 0.15) is 11.6 Å². The lowest BCUT2D eigenvalue weighted by Gasteiger charge is -2.28. The van der Waals surface area contributed by atoms with Crippen molar-refractivity contribution in [2.75, 3.05) is 16.4 Å². The number of amides is 2. The quantitative estimate of drug-likeness (QED) is 0.398. The van der Waals surface area contributed by atoms with Gasteiger partial charge in [0.25, 0.3) is 5.91 Å². The number of allylic oxidation sites excluding steroid dienone is 2. The van der Waals surface area contributed by atoms with Crippen LogP contribution in [0.15, 0.2) is 93.2 Å². The molecule has 2 amide bonds. The summed E-state index contributed by atoms with van der Waals surface area (Å²) in [6.45, 7) is 3.59. The van der Waals surface area contributed by atoms with Crippen LogP contribution >= 0.6 is 11.8 Å². The highest BCUT2D eigenvalue weighted by molar-refractivity contribution is 8.03. The minimum absolute atomic E-state index is 0.0246. The number of hydrogen-bond donors (Lipinski definition) is 3. The number of anilines is 2. The van der Waals surface area contributed by atoms with Gasteiger partial charge in [-0.3, -0.25) is 9.59 Å². The SMILES string of the molecule is CC1=C(C(=O)Nc2ccccc2F)[C@H](c2ccco2)C(C#N)=C(SCC(=O)Nc2ccccc2C)N1. The lowest BCUT2D eigenvalue weighted by molar-refractivity contribution is -0.114. The van der Waals surface area contributed by atoms with Gasteiger partial charge < -0.3 is 20.4 Å². The molecule has 4 rings (SSSR count). The number of halogens is 1. The number of furan rings is 1. The average molecular weight is 503 g/mol. The molecule has 3 aromatic rings. The number of nitrogens with one attached hydrogen (secondary N) is 3. The van der Waals surface area contributed by atoms with Gasteiger partial charge >= 0.3 is 0 Å². The van der Waals surface area contributed by atoms with Gasteiger partial charge in [-0.05, 0) is 49.7 Å². The van der Waals surface area contributed by atoms with Gasteiger partial charge in [-0.1, -0.05) is 42.1 Å². The number of aryl methyl sites for hydroxylation is 1. The molecule has 7 nitrogen and oxygen atoms in total. The van der Waals surface area contributed by atoms with Crippen LogP contribution in [-0.2, 0) is 9.59 Å². The molecular weight excluding hydrogens is 479 g/mol. The summed E-state index contributed by atoms with van der Waals surface area (Å²) in [5.41, 5.74) is 2.58. The van der Waals surface area contributed by atoms with Crippen LogP contribution in [0.2, 0.25) is 0 Å². The molecule has 182 valence electrons. The van der Waals surface area contributed by atoms with Crippen molar-refractivity contribution in [1.29, 1.82) is 5.26 Å². The summed E-state index contributed by atoms with van der Waals surface area (Å²) in [6.07, 6.45) is 1.45. The van der Waals surface area contributed by atoms with E-state index >= 15 is 0 Å². The number of nitriles is 1. The predicted octanol–water partition coefficient (Wildman–Crippen LogP) is 5.43. The molecule has 0 saturated heterocycles. The minimum atomic E-state index is -0.833. The minimum Gasteiger partial charge on any atom is -0.468 e. The Bertz CT molecular complexity index is 1410. The second-order valence-corrected chi connectivity index (χ2v) is 9.04. The van der Waals surface area contributed by atoms with E-state index in [-0.39, 0.29) is 28.5 Å². The molecule has 0 radical (unpaired) electrons. The van der Waals surface area contributed by atoms with E-state index in [1.807, 2.05) is 31.2 Å². The molecule has 9 heteroatoms. The fourth-order valence-corrected chi connectivity index (χ4v) is 4.75. The average Bonchev–Trinajstić information content (AvgIpc) is 3.39. The van der Waals surface area contributed by atoms with Crippen LogP contribution in [0.4, 0.5) is 15.8 Å². The third-order valence-corrected chi connectivity index (χ3v) is 6.63. The first-order valence-electron chi connectivity index (χ1n) is 11.1. The van der Waals surface area contributed by atoms with E-state index in [1.165, 1.54) is 24.5 Å². The number of carbonyl (C=O) groups is 2. The summed E-state index contributed by atoms with van der Waals surface area (Å²) in [7, 11) is 0. The van der Waals surface area contributed by atoms with E-state index in [2.05, 4.69) is 22.0 Å². The fourth-order valence-electron chi connectivity index (χ4n) is 3.86. The molecule has 1 atom stereocenters. The zero-order valence-electron chi connectivity index (χ0n) is 19.6. The molecular formula is C27H23FN4O3S. The molecule has 2 aromatic carbocycles. The van der Waals surface area contributed by atoms with Gasteiger partial charge in [0.2, 0.25) is 5.91 Å². The molecule has 3 N–H and O–H groups in total. The van der Waals surface area contributed by atoms with Gasteiger partial charge in [-0.2, -0.15) is 5.26 Å². The molecule has 1 aromatic heterocycles. The van der Waals surface area contributed by atoms with Gasteiger partial charge in [-0.25, -0.2) is 4.39 Å². The van der Waals surface area contributed by atoms with Crippen molar-refractivity contribution >= 4 is 35.0 Å². The normalized spacial score (nSPS) is 15.2. The van der Waals surface area contributed by atoms with Crippen LogP contribution in [0.3, 0.4) is 0 Å². The van der Waals surface area contributed by atoms with E-state index < -0.39 is 17.6 Å². The van der Waals surface area contributed by atoms with Gasteiger partial charge in [0.05, 0.1) is 45.9 Å². The molecule has 0 saturated carbocycles. The van der Waals surface area contributed by atoms with Crippen LogP contribution in [0.1, 0.15) is 24.2 Å². The Hall–Kier alpha value is -4.29. The summed E-state index contributed by atoms with van der Waals surface area (Å²) < 4.78 is 19.8. The van der Waals surface area contributed by atoms with Crippen molar-refractivity contribution in [3.8, 4) is 6.07 Å². The fraction of sp³-hybridized carbons (Fsp3) is 0.148. The van der Waals surface area contributed by atoms with E-state index in [1.54, 1.807) is 25.1 Å². The number of thioether (sulfide) groups is 1. The Morgan fingerprint density at radius 3 is 2.44 bits per heavy atom. The van der Waals surface area contributed by atoms with E-state index in [0.29, 0.717) is 22.2 Å². The van der Waals surface area contributed by atoms with Crippen LogP contribution < -0.4 is 16.0 Å². The molecule has 0 bridgehead atoms. The maximum Gasteiger partial charge on any atom is 0.254 e. The first-order chi connectivity index (χ1) is 17.4. The van der Waals surface area contributed by atoms with E-state index in [0.717, 1.165) is 17.3 Å². The molecule has 0 fully saturated rings. The highest BCUT2D eigenvalue weighted by Crippen LogP contribution is 2.41. The van der Waals surface area contributed by atoms with E-state index in [9.17, 15) is 19.2 Å². The smallest absolute Gasteiger partial charge is 0.254 e. The van der Waals surface area contributed by atoms with Crippen molar-refractivity contribution in [2.24, 2.45) is 0 Å². The summed E-state index contributed by atoms with van der Waals surface area (Å²) in [6, 6.07) is 18.8. The van der Waals surface area contributed by atoms with Crippen LogP contribution in [0.25, 0.3) is 0 Å². The topological polar surface area (TPSA) is 107 Å². The lowest BCUT2D eigenvalue weighted by Crippen LogP contribution is -2.31. The molecule has 0 unspecified atom stereocenters. The number of dihydropyridines is 1. The van der Waals surface area contributed by atoms with Crippen molar-refractivity contribution in [1.82, 2.24) is 5.32 Å². The van der Waals surface area contributed by atoms with Crippen LogP contribution in [0, 0.1) is 24.1 Å². The molecule has 36 heavy (non-hydrogen) atoms. The number of rotatable bonds is 7. The largest absolute Gasteiger partial charge is 0.468 e. The second-order valence-electron chi connectivity index (χ2n) is 8.05. The Labute approximate surface area is 212 Å². The van der Waals surface area contributed by atoms with Gasteiger partial charge in [0.15, 0.2) is 0 Å². The molecule has 2 heterocycles. The van der Waals surface area contributed by atoms with Gasteiger partial charge in [-0.15, -0.1) is 0 Å². The standard InChI is InChI=1S/C27H23FN4O3S/c1-16-8-3-5-10-20(16)31-23(33)15-36-27-18(14-29)25(22-12-7-13-35-22)24(17(2)30-27)26(34)32-21-11-6-4-9-19(21)28/h3-13,25,30H,15H2,1-2H3,(H,31,33)(H,32,34)/t25-/m0/s1. The predicted molar refractivity (Wildman–Crippen MR) is 137 cm³/mol. The summed E-state index contributed by atoms with van der Waals surface area (Å²) in [4.78, 5) is 25.9. The van der Waals surface area contributed by atoms with Crippen molar-refractivity contribution < 1.29 is 18.4 Å². The first-order valence-corrected chi connectivity index (χ1v) is 12.1. The number of hydrogen-bond acceptors (Lipinski definition) is 6.